The quantitative estimate of drug-likeness (QED) is 0.297. The van der Waals surface area contributed by atoms with Gasteiger partial charge in [0.25, 0.3) is 11.8 Å². The molecule has 0 saturated heterocycles. The van der Waals surface area contributed by atoms with Gasteiger partial charge in [-0.25, -0.2) is 0 Å². The molecule has 0 spiro atoms. The first-order chi connectivity index (χ1) is 17.0. The van der Waals surface area contributed by atoms with Gasteiger partial charge in [-0.3, -0.25) is 9.59 Å². The number of aromatic nitrogens is 2. The van der Waals surface area contributed by atoms with Crippen LogP contribution in [0.15, 0.2) is 69.0 Å². The number of para-hydroxylation sites is 2. The van der Waals surface area contributed by atoms with Crippen LogP contribution >= 0.6 is 0 Å². The molecule has 2 aromatic carbocycles. The monoisotopic (exact) mass is 474 g/mol. The third-order valence-corrected chi connectivity index (χ3v) is 5.77. The topological polar surface area (TPSA) is 134 Å². The van der Waals surface area contributed by atoms with E-state index in [0.29, 0.717) is 23.9 Å². The van der Waals surface area contributed by atoms with Gasteiger partial charge < -0.3 is 19.3 Å². The van der Waals surface area contributed by atoms with E-state index in [-0.39, 0.29) is 42.4 Å². The summed E-state index contributed by atoms with van der Waals surface area (Å²) < 4.78 is 3.38. The van der Waals surface area contributed by atoms with Gasteiger partial charge in [0.15, 0.2) is 11.4 Å². The van der Waals surface area contributed by atoms with Gasteiger partial charge in [0.05, 0.1) is 11.0 Å². The maximum absolute atomic E-state index is 12.2. The molecule has 4 rings (SSSR count). The first-order valence-electron chi connectivity index (χ1n) is 11.5. The van der Waals surface area contributed by atoms with Crippen molar-refractivity contribution in [3.63, 3.8) is 0 Å². The number of nitrogens with zero attached hydrogens (tertiary/aromatic N) is 6. The second-order valence-electron chi connectivity index (χ2n) is 7.91. The highest BCUT2D eigenvalue weighted by molar-refractivity contribution is 5.96. The Kier molecular flexibility index (Phi) is 7.00. The minimum absolute atomic E-state index is 0.00165. The molecule has 10 nitrogen and oxygen atoms in total. The summed E-state index contributed by atoms with van der Waals surface area (Å²) >= 11 is 0. The highest BCUT2D eigenvalue weighted by Gasteiger charge is 2.17. The molecule has 0 fully saturated rings. The molecule has 2 amide bonds. The van der Waals surface area contributed by atoms with Crippen LogP contribution in [-0.2, 0) is 22.7 Å². The number of aromatic hydroxyl groups is 2. The van der Waals surface area contributed by atoms with E-state index in [4.69, 9.17) is 0 Å². The molecule has 0 unspecified atom stereocenters. The highest BCUT2D eigenvalue weighted by Crippen LogP contribution is 2.39. The lowest BCUT2D eigenvalue weighted by molar-refractivity contribution is -0.119. The Bertz CT molecular complexity index is 1350. The summed E-state index contributed by atoms with van der Waals surface area (Å²) in [7, 11) is 0. The average Bonchev–Trinajstić information content (AvgIpc) is 3.30. The smallest absolute Gasteiger partial charge is 0.264 e. The Morgan fingerprint density at radius 1 is 0.714 bits per heavy atom. The second kappa shape index (κ2) is 10.3. The van der Waals surface area contributed by atoms with Crippen molar-refractivity contribution in [3.8, 4) is 11.8 Å². The molecular formula is C25H26N6O4. The summed E-state index contributed by atoms with van der Waals surface area (Å²) in [5, 5.41) is 37.7. The van der Waals surface area contributed by atoms with E-state index in [2.05, 4.69) is 20.5 Å². The van der Waals surface area contributed by atoms with Crippen LogP contribution in [0, 0.1) is 0 Å². The fraction of sp³-hybridized carbons (Fsp3) is 0.280. The van der Waals surface area contributed by atoms with Gasteiger partial charge in [-0.15, -0.1) is 20.5 Å². The van der Waals surface area contributed by atoms with Crippen LogP contribution in [0.4, 0.5) is 11.4 Å². The number of hydrogen-bond donors (Lipinski definition) is 2. The van der Waals surface area contributed by atoms with E-state index in [1.54, 1.807) is 21.3 Å². The van der Waals surface area contributed by atoms with Crippen LogP contribution in [0.1, 0.15) is 33.1 Å². The standard InChI is InChI=1S/C25H26N6O4/c1-3-30-18-12-7-5-10-16(18)22(24(30)34)28-26-20(32)14-9-15-21(33)27-29-23-17-11-6-8-13-19(17)31(4-2)25(23)35/h5-8,10-13,34-35H,3-4,9,14-15H2,1-2H3. The predicted molar refractivity (Wildman–Crippen MR) is 131 cm³/mol. The first kappa shape index (κ1) is 23.8. The van der Waals surface area contributed by atoms with Crippen molar-refractivity contribution in [2.45, 2.75) is 46.2 Å². The Balaban J connectivity index is 1.37. The van der Waals surface area contributed by atoms with Crippen molar-refractivity contribution in [1.82, 2.24) is 9.13 Å². The molecule has 4 aromatic rings. The van der Waals surface area contributed by atoms with E-state index < -0.39 is 11.8 Å². The molecule has 0 aliphatic heterocycles. The molecule has 2 aromatic heterocycles. The normalized spacial score (nSPS) is 11.9. The van der Waals surface area contributed by atoms with Crippen LogP contribution in [0.3, 0.4) is 0 Å². The number of aryl methyl sites for hydroxylation is 2. The van der Waals surface area contributed by atoms with Crippen molar-refractivity contribution in [2.75, 3.05) is 0 Å². The zero-order chi connectivity index (χ0) is 24.9. The number of benzene rings is 2. The molecule has 0 bridgehead atoms. The molecule has 0 aliphatic carbocycles. The van der Waals surface area contributed by atoms with E-state index in [1.165, 1.54) is 0 Å². The average molecular weight is 475 g/mol. The summed E-state index contributed by atoms with van der Waals surface area (Å²) in [6, 6.07) is 14.7. The fourth-order valence-corrected chi connectivity index (χ4v) is 4.08. The van der Waals surface area contributed by atoms with Gasteiger partial charge >= 0.3 is 0 Å². The van der Waals surface area contributed by atoms with Crippen LogP contribution in [0.25, 0.3) is 21.8 Å². The van der Waals surface area contributed by atoms with Crippen molar-refractivity contribution in [1.29, 1.82) is 0 Å². The molecule has 10 heteroatoms. The third kappa shape index (κ3) is 4.68. The van der Waals surface area contributed by atoms with Crippen LogP contribution in [-0.4, -0.2) is 31.2 Å². The minimum atomic E-state index is -0.508. The summed E-state index contributed by atoms with van der Waals surface area (Å²) in [4.78, 5) is 24.4. The Morgan fingerprint density at radius 2 is 1.11 bits per heavy atom. The molecular weight excluding hydrogens is 448 g/mol. The molecule has 35 heavy (non-hydrogen) atoms. The number of amides is 2. The lowest BCUT2D eigenvalue weighted by atomic mass is 10.2. The Hall–Kier alpha value is -4.34. The van der Waals surface area contributed by atoms with Gasteiger partial charge in [0.1, 0.15) is 0 Å². The van der Waals surface area contributed by atoms with Gasteiger partial charge in [-0.2, -0.15) is 0 Å². The number of rotatable bonds is 8. The Labute approximate surface area is 201 Å². The van der Waals surface area contributed by atoms with Crippen molar-refractivity contribution >= 4 is 45.0 Å². The van der Waals surface area contributed by atoms with Gasteiger partial charge in [0.2, 0.25) is 11.8 Å². The predicted octanol–water partition coefficient (Wildman–Crippen LogP) is 6.14. The van der Waals surface area contributed by atoms with E-state index in [1.807, 2.05) is 50.2 Å². The number of hydrogen-bond acceptors (Lipinski definition) is 6. The summed E-state index contributed by atoms with van der Waals surface area (Å²) in [5.74, 6) is -1.11. The van der Waals surface area contributed by atoms with Crippen molar-refractivity contribution in [2.24, 2.45) is 20.5 Å². The van der Waals surface area contributed by atoms with E-state index in [0.717, 1.165) is 11.0 Å². The zero-order valence-electron chi connectivity index (χ0n) is 19.5. The van der Waals surface area contributed by atoms with E-state index >= 15 is 0 Å². The van der Waals surface area contributed by atoms with Gasteiger partial charge in [-0.1, -0.05) is 36.4 Å². The number of carbonyl (C=O) groups excluding carboxylic acids is 2. The fourth-order valence-electron chi connectivity index (χ4n) is 4.08. The maximum Gasteiger partial charge on any atom is 0.264 e. The van der Waals surface area contributed by atoms with Gasteiger partial charge in [0, 0.05) is 36.7 Å². The van der Waals surface area contributed by atoms with Crippen LogP contribution < -0.4 is 0 Å². The molecule has 0 aliphatic rings. The number of fused-ring (bicyclic) bond motifs is 2. The van der Waals surface area contributed by atoms with Gasteiger partial charge in [-0.05, 0) is 32.4 Å². The summed E-state index contributed by atoms with van der Waals surface area (Å²) in [5.41, 5.74) is 2.09. The molecule has 0 saturated carbocycles. The number of carbonyl (C=O) groups is 2. The Morgan fingerprint density at radius 3 is 1.51 bits per heavy atom. The second-order valence-corrected chi connectivity index (χ2v) is 7.91. The molecule has 0 radical (unpaired) electrons. The van der Waals surface area contributed by atoms with Crippen molar-refractivity contribution < 1.29 is 19.8 Å². The van der Waals surface area contributed by atoms with Crippen molar-refractivity contribution in [3.05, 3.63) is 48.5 Å². The largest absolute Gasteiger partial charge is 0.493 e. The lowest BCUT2D eigenvalue weighted by Crippen LogP contribution is -1.97. The van der Waals surface area contributed by atoms with Crippen LogP contribution in [0.2, 0.25) is 0 Å². The molecule has 180 valence electrons. The maximum atomic E-state index is 12.2. The number of azo groups is 2. The van der Waals surface area contributed by atoms with E-state index in [9.17, 15) is 19.8 Å². The summed E-state index contributed by atoms with van der Waals surface area (Å²) in [6.07, 6.45) is 0.220. The molecule has 2 heterocycles. The minimum Gasteiger partial charge on any atom is -0.493 e. The third-order valence-electron chi connectivity index (χ3n) is 5.77. The first-order valence-corrected chi connectivity index (χ1v) is 11.5. The lowest BCUT2D eigenvalue weighted by Gasteiger charge is -2.00. The molecule has 2 N–H and O–H groups in total. The van der Waals surface area contributed by atoms with Crippen LogP contribution in [0.5, 0.6) is 11.8 Å². The summed E-state index contributed by atoms with van der Waals surface area (Å²) in [6.45, 7) is 4.89. The highest BCUT2D eigenvalue weighted by atomic mass is 16.3. The SMILES string of the molecule is CCn1c(O)c(N=NC(=O)CCCC(=O)N=Nc2c(O)n(CC)c3ccccc23)c2ccccc21. The molecule has 0 atom stereocenters. The zero-order valence-corrected chi connectivity index (χ0v) is 19.5.